The zero-order valence-electron chi connectivity index (χ0n) is 4.56. The summed E-state index contributed by atoms with van der Waals surface area (Å²) in [7, 11) is 0. The summed E-state index contributed by atoms with van der Waals surface area (Å²) >= 11 is 0. The molecule has 0 saturated heterocycles. The van der Waals surface area contributed by atoms with Crippen molar-refractivity contribution in [2.45, 2.75) is 6.92 Å². The zero-order valence-corrected chi connectivity index (χ0v) is 4.56. The molecule has 1 radical (unpaired) electrons. The minimum atomic E-state index is -0.0625. The summed E-state index contributed by atoms with van der Waals surface area (Å²) in [5.74, 6) is 0. The SMILES string of the molecule is Cc1cc[c][nH]c1=O. The standard InChI is InChI=1S/C6H6NO/c1-5-3-2-4-7-6(5)8/h2-3H,1H3,(H,7,8). The molecule has 1 N–H and O–H groups in total. The van der Waals surface area contributed by atoms with Crippen molar-refractivity contribution in [1.82, 2.24) is 4.98 Å². The normalized spacial score (nSPS) is 9.12. The van der Waals surface area contributed by atoms with Gasteiger partial charge in [-0.15, -0.1) is 0 Å². The van der Waals surface area contributed by atoms with Gasteiger partial charge in [0, 0.05) is 5.56 Å². The molecule has 0 spiro atoms. The zero-order chi connectivity index (χ0) is 5.98. The van der Waals surface area contributed by atoms with Crippen LogP contribution in [0.5, 0.6) is 0 Å². The van der Waals surface area contributed by atoms with E-state index >= 15 is 0 Å². The van der Waals surface area contributed by atoms with Gasteiger partial charge in [-0.05, 0) is 13.0 Å². The van der Waals surface area contributed by atoms with Crippen molar-refractivity contribution in [3.8, 4) is 0 Å². The minimum Gasteiger partial charge on any atom is -0.320 e. The van der Waals surface area contributed by atoms with Crippen molar-refractivity contribution in [1.29, 1.82) is 0 Å². The molecule has 41 valence electrons. The van der Waals surface area contributed by atoms with E-state index in [2.05, 4.69) is 11.2 Å². The number of aromatic nitrogens is 1. The van der Waals surface area contributed by atoms with Crippen molar-refractivity contribution in [2.75, 3.05) is 0 Å². The first-order valence-corrected chi connectivity index (χ1v) is 2.36. The number of rotatable bonds is 0. The number of aryl methyl sites for hydroxylation is 1. The Labute approximate surface area is 47.2 Å². The fourth-order valence-corrected chi connectivity index (χ4v) is 0.448. The van der Waals surface area contributed by atoms with Crippen LogP contribution in [0.1, 0.15) is 5.56 Å². The van der Waals surface area contributed by atoms with Crippen LogP contribution in [0.3, 0.4) is 0 Å². The molecule has 1 aromatic rings. The van der Waals surface area contributed by atoms with Gasteiger partial charge in [0.05, 0.1) is 6.20 Å². The highest BCUT2D eigenvalue weighted by Gasteiger charge is 1.84. The van der Waals surface area contributed by atoms with Crippen LogP contribution in [-0.2, 0) is 0 Å². The molecular formula is C6H6NO. The first-order valence-electron chi connectivity index (χ1n) is 2.36. The van der Waals surface area contributed by atoms with Gasteiger partial charge in [-0.3, -0.25) is 4.79 Å². The minimum absolute atomic E-state index is 0.0625. The van der Waals surface area contributed by atoms with E-state index in [0.717, 1.165) is 5.56 Å². The van der Waals surface area contributed by atoms with Gasteiger partial charge < -0.3 is 4.98 Å². The Morgan fingerprint density at radius 2 is 2.50 bits per heavy atom. The summed E-state index contributed by atoms with van der Waals surface area (Å²) in [6.45, 7) is 1.76. The number of hydrogen-bond donors (Lipinski definition) is 1. The Morgan fingerprint density at radius 1 is 1.75 bits per heavy atom. The Morgan fingerprint density at radius 3 is 2.88 bits per heavy atom. The lowest BCUT2D eigenvalue weighted by Gasteiger charge is -1.82. The maximum Gasteiger partial charge on any atom is 0.251 e. The van der Waals surface area contributed by atoms with E-state index < -0.39 is 0 Å². The van der Waals surface area contributed by atoms with Crippen molar-refractivity contribution in [2.24, 2.45) is 0 Å². The first-order chi connectivity index (χ1) is 3.80. The third-order valence-electron chi connectivity index (χ3n) is 0.961. The van der Waals surface area contributed by atoms with Crippen LogP contribution in [-0.4, -0.2) is 4.98 Å². The van der Waals surface area contributed by atoms with E-state index in [-0.39, 0.29) is 5.56 Å². The number of H-pyrrole nitrogens is 1. The molecule has 0 amide bonds. The van der Waals surface area contributed by atoms with Crippen LogP contribution in [0.25, 0.3) is 0 Å². The summed E-state index contributed by atoms with van der Waals surface area (Å²) in [5.41, 5.74) is 0.663. The molecule has 0 bridgehead atoms. The fraction of sp³-hybridized carbons (Fsp3) is 0.167. The van der Waals surface area contributed by atoms with Crippen LogP contribution in [0.4, 0.5) is 0 Å². The van der Waals surface area contributed by atoms with Crippen molar-refractivity contribution < 1.29 is 0 Å². The number of nitrogens with one attached hydrogen (secondary N) is 1. The molecule has 2 heteroatoms. The lowest BCUT2D eigenvalue weighted by molar-refractivity contribution is 1.17. The highest BCUT2D eigenvalue weighted by molar-refractivity contribution is 5.04. The highest BCUT2D eigenvalue weighted by Crippen LogP contribution is 1.80. The molecule has 0 aliphatic rings. The summed E-state index contributed by atoms with van der Waals surface area (Å²) < 4.78 is 0. The highest BCUT2D eigenvalue weighted by atomic mass is 16.1. The molecule has 0 aromatic carbocycles. The molecule has 0 unspecified atom stereocenters. The monoisotopic (exact) mass is 108 g/mol. The Bertz CT molecular complexity index is 226. The number of hydrogen-bond acceptors (Lipinski definition) is 1. The molecule has 0 aliphatic carbocycles. The predicted octanol–water partition coefficient (Wildman–Crippen LogP) is 0.484. The van der Waals surface area contributed by atoms with E-state index in [9.17, 15) is 4.79 Å². The van der Waals surface area contributed by atoms with Gasteiger partial charge in [0.15, 0.2) is 0 Å². The van der Waals surface area contributed by atoms with Crippen LogP contribution < -0.4 is 5.56 Å². The van der Waals surface area contributed by atoms with Crippen molar-refractivity contribution in [3.05, 3.63) is 34.2 Å². The number of aromatic amines is 1. The van der Waals surface area contributed by atoms with E-state index in [4.69, 9.17) is 0 Å². The molecule has 0 aliphatic heterocycles. The lowest BCUT2D eigenvalue weighted by Crippen LogP contribution is -2.06. The van der Waals surface area contributed by atoms with Gasteiger partial charge in [0.1, 0.15) is 0 Å². The van der Waals surface area contributed by atoms with Gasteiger partial charge >= 0.3 is 0 Å². The van der Waals surface area contributed by atoms with Crippen LogP contribution >= 0.6 is 0 Å². The van der Waals surface area contributed by atoms with Gasteiger partial charge in [-0.1, -0.05) is 6.07 Å². The molecule has 1 aromatic heterocycles. The Kier molecular flexibility index (Phi) is 1.16. The van der Waals surface area contributed by atoms with Gasteiger partial charge in [-0.2, -0.15) is 0 Å². The van der Waals surface area contributed by atoms with E-state index in [1.165, 1.54) is 0 Å². The Balaban J connectivity index is 3.35. The third-order valence-corrected chi connectivity index (χ3v) is 0.961. The molecule has 8 heavy (non-hydrogen) atoms. The van der Waals surface area contributed by atoms with E-state index in [0.29, 0.717) is 0 Å². The van der Waals surface area contributed by atoms with Crippen LogP contribution in [0, 0.1) is 13.1 Å². The molecule has 1 heterocycles. The fourth-order valence-electron chi connectivity index (χ4n) is 0.448. The van der Waals surface area contributed by atoms with Crippen LogP contribution in [0.2, 0.25) is 0 Å². The molecule has 0 fully saturated rings. The second-order valence-corrected chi connectivity index (χ2v) is 1.61. The summed E-state index contributed by atoms with van der Waals surface area (Å²) in [6, 6.07) is 3.40. The van der Waals surface area contributed by atoms with Crippen molar-refractivity contribution in [3.63, 3.8) is 0 Å². The topological polar surface area (TPSA) is 32.9 Å². The predicted molar refractivity (Wildman–Crippen MR) is 30.6 cm³/mol. The summed E-state index contributed by atoms with van der Waals surface area (Å²) in [5, 5.41) is 0. The molecule has 0 saturated carbocycles. The maximum atomic E-state index is 10.5. The average molecular weight is 108 g/mol. The molecule has 1 rings (SSSR count). The lowest BCUT2D eigenvalue weighted by atomic mass is 10.3. The van der Waals surface area contributed by atoms with Gasteiger partial charge in [-0.25, -0.2) is 0 Å². The molecule has 2 nitrogen and oxygen atoms in total. The Hall–Kier alpha value is -1.05. The second kappa shape index (κ2) is 1.82. The molecular weight excluding hydrogens is 102 g/mol. The van der Waals surface area contributed by atoms with E-state index in [1.807, 2.05) is 0 Å². The quantitative estimate of drug-likeness (QED) is 0.515. The third kappa shape index (κ3) is 0.780. The maximum absolute atomic E-state index is 10.5. The molecule has 0 atom stereocenters. The number of pyridine rings is 1. The average Bonchev–Trinajstić information content (AvgIpc) is 1.77. The first kappa shape index (κ1) is 5.09. The van der Waals surface area contributed by atoms with Crippen LogP contribution in [0.15, 0.2) is 16.9 Å². The smallest absolute Gasteiger partial charge is 0.251 e. The summed E-state index contributed by atoms with van der Waals surface area (Å²) in [6.07, 6.45) is 2.56. The second-order valence-electron chi connectivity index (χ2n) is 1.61. The van der Waals surface area contributed by atoms with E-state index in [1.54, 1.807) is 19.1 Å². The largest absolute Gasteiger partial charge is 0.320 e. The van der Waals surface area contributed by atoms with Gasteiger partial charge in [0.2, 0.25) is 0 Å². The summed E-state index contributed by atoms with van der Waals surface area (Å²) in [4.78, 5) is 13.0. The van der Waals surface area contributed by atoms with Gasteiger partial charge in [0.25, 0.3) is 5.56 Å². The van der Waals surface area contributed by atoms with Crippen molar-refractivity contribution >= 4 is 0 Å².